The number of imide groups is 1. The van der Waals surface area contributed by atoms with E-state index in [0.717, 1.165) is 16.9 Å². The van der Waals surface area contributed by atoms with E-state index in [4.69, 9.17) is 0 Å². The first kappa shape index (κ1) is 19.8. The summed E-state index contributed by atoms with van der Waals surface area (Å²) >= 11 is 1.00. The minimum absolute atomic E-state index is 0.0150. The summed E-state index contributed by atoms with van der Waals surface area (Å²) in [5.74, 6) is -2.26. The summed E-state index contributed by atoms with van der Waals surface area (Å²) in [5.41, 5.74) is 0.734. The molecule has 0 atom stereocenters. The molecule has 1 heterocycles. The second kappa shape index (κ2) is 9.22. The van der Waals surface area contributed by atoms with Crippen LogP contribution in [0.1, 0.15) is 5.56 Å². The van der Waals surface area contributed by atoms with Crippen LogP contribution in [0.4, 0.5) is 0 Å². The highest BCUT2D eigenvalue weighted by Gasteiger charge is 2.17. The van der Waals surface area contributed by atoms with Crippen molar-refractivity contribution in [3.8, 4) is 0 Å². The summed E-state index contributed by atoms with van der Waals surface area (Å²) in [4.78, 5) is 34.8. The average molecular weight is 396 g/mol. The van der Waals surface area contributed by atoms with Crippen LogP contribution in [0.3, 0.4) is 0 Å². The topological polar surface area (TPSA) is 119 Å². The number of benzene rings is 1. The molecule has 0 radical (unpaired) electrons. The van der Waals surface area contributed by atoms with Crippen molar-refractivity contribution in [1.29, 1.82) is 0 Å². The van der Waals surface area contributed by atoms with Gasteiger partial charge in [0.2, 0.25) is 5.91 Å². The summed E-state index contributed by atoms with van der Waals surface area (Å²) in [6.45, 7) is -1.30. The standard InChI is InChI=1S/C16H16N2O6S2/c19-13(9-12-5-2-1-3-6-12)18-14(20)11-24-15(21)10-17-26(22,23)16-7-4-8-25-16/h1-8,17H,9-11H2,(H,18,19,20). The predicted octanol–water partition coefficient (Wildman–Crippen LogP) is 0.455. The molecule has 0 aliphatic heterocycles. The van der Waals surface area contributed by atoms with Gasteiger partial charge in [-0.1, -0.05) is 36.4 Å². The van der Waals surface area contributed by atoms with E-state index in [1.807, 2.05) is 0 Å². The summed E-state index contributed by atoms with van der Waals surface area (Å²) in [5, 5.41) is 3.67. The van der Waals surface area contributed by atoms with Gasteiger partial charge in [-0.2, -0.15) is 4.72 Å². The number of carbonyl (C=O) groups excluding carboxylic acids is 3. The molecule has 0 aliphatic rings. The monoisotopic (exact) mass is 396 g/mol. The quantitative estimate of drug-likeness (QED) is 0.626. The molecule has 8 nitrogen and oxygen atoms in total. The summed E-state index contributed by atoms with van der Waals surface area (Å²) < 4.78 is 30.4. The van der Waals surface area contributed by atoms with E-state index in [0.29, 0.717) is 0 Å². The van der Waals surface area contributed by atoms with Gasteiger partial charge in [-0.05, 0) is 17.0 Å². The Morgan fingerprint density at radius 1 is 1.00 bits per heavy atom. The number of hydrogen-bond donors (Lipinski definition) is 2. The Bertz CT molecular complexity index is 863. The minimum Gasteiger partial charge on any atom is -0.455 e. The molecule has 0 saturated heterocycles. The molecule has 138 valence electrons. The Morgan fingerprint density at radius 2 is 1.73 bits per heavy atom. The second-order valence-electron chi connectivity index (χ2n) is 5.05. The van der Waals surface area contributed by atoms with Crippen molar-refractivity contribution >= 4 is 39.1 Å². The average Bonchev–Trinajstić information content (AvgIpc) is 3.14. The van der Waals surface area contributed by atoms with Crippen LogP contribution in [0.25, 0.3) is 0 Å². The van der Waals surface area contributed by atoms with E-state index < -0.39 is 41.0 Å². The van der Waals surface area contributed by atoms with Crippen LogP contribution < -0.4 is 10.0 Å². The van der Waals surface area contributed by atoms with Crippen molar-refractivity contribution in [3.05, 3.63) is 53.4 Å². The van der Waals surface area contributed by atoms with Gasteiger partial charge in [0.1, 0.15) is 10.8 Å². The number of amides is 2. The molecule has 0 unspecified atom stereocenters. The number of carbonyl (C=O) groups is 3. The van der Waals surface area contributed by atoms with Crippen molar-refractivity contribution in [1.82, 2.24) is 10.0 Å². The van der Waals surface area contributed by atoms with Gasteiger partial charge in [-0.3, -0.25) is 19.7 Å². The van der Waals surface area contributed by atoms with Crippen molar-refractivity contribution in [2.45, 2.75) is 10.6 Å². The molecule has 2 N–H and O–H groups in total. The van der Waals surface area contributed by atoms with Crippen LogP contribution in [-0.4, -0.2) is 39.4 Å². The summed E-state index contributed by atoms with van der Waals surface area (Å²) in [7, 11) is -3.79. The van der Waals surface area contributed by atoms with Crippen LogP contribution >= 0.6 is 11.3 Å². The van der Waals surface area contributed by atoms with E-state index in [-0.39, 0.29) is 10.6 Å². The van der Waals surface area contributed by atoms with Crippen LogP contribution in [0.2, 0.25) is 0 Å². The van der Waals surface area contributed by atoms with Crippen LogP contribution in [-0.2, 0) is 35.6 Å². The van der Waals surface area contributed by atoms with Gasteiger partial charge >= 0.3 is 5.97 Å². The largest absolute Gasteiger partial charge is 0.455 e. The van der Waals surface area contributed by atoms with Crippen molar-refractivity contribution in [3.63, 3.8) is 0 Å². The molecular formula is C16H16N2O6S2. The number of sulfonamides is 1. The minimum atomic E-state index is -3.79. The van der Waals surface area contributed by atoms with Crippen molar-refractivity contribution < 1.29 is 27.5 Å². The fourth-order valence-corrected chi connectivity index (χ4v) is 3.86. The summed E-state index contributed by atoms with van der Waals surface area (Å²) in [6, 6.07) is 11.8. The van der Waals surface area contributed by atoms with E-state index in [1.165, 1.54) is 6.07 Å². The molecule has 10 heteroatoms. The van der Waals surface area contributed by atoms with Crippen LogP contribution in [0.5, 0.6) is 0 Å². The van der Waals surface area contributed by atoms with E-state index in [1.54, 1.807) is 41.8 Å². The summed E-state index contributed by atoms with van der Waals surface area (Å²) in [6.07, 6.45) is 0.0150. The zero-order valence-corrected chi connectivity index (χ0v) is 15.1. The van der Waals surface area contributed by atoms with Crippen molar-refractivity contribution in [2.75, 3.05) is 13.2 Å². The Kier molecular flexibility index (Phi) is 7.01. The molecule has 26 heavy (non-hydrogen) atoms. The number of thiophene rings is 1. The highest BCUT2D eigenvalue weighted by atomic mass is 32.2. The zero-order valence-electron chi connectivity index (χ0n) is 13.5. The van der Waals surface area contributed by atoms with E-state index in [9.17, 15) is 22.8 Å². The molecule has 0 aliphatic carbocycles. The number of rotatable bonds is 8. The molecule has 0 spiro atoms. The lowest BCUT2D eigenvalue weighted by Crippen LogP contribution is -2.37. The molecule has 2 amide bonds. The maximum Gasteiger partial charge on any atom is 0.321 e. The Balaban J connectivity index is 1.70. The first-order valence-corrected chi connectivity index (χ1v) is 9.78. The SMILES string of the molecule is O=C(COC(=O)CNS(=O)(=O)c1cccs1)NC(=O)Cc1ccccc1. The lowest BCUT2D eigenvalue weighted by Gasteiger charge is -2.07. The maximum atomic E-state index is 11.8. The van der Waals surface area contributed by atoms with Gasteiger partial charge in [-0.15, -0.1) is 11.3 Å². The van der Waals surface area contributed by atoms with Gasteiger partial charge < -0.3 is 4.74 Å². The van der Waals surface area contributed by atoms with Gasteiger partial charge in [0.15, 0.2) is 6.61 Å². The molecule has 0 bridgehead atoms. The number of ether oxygens (including phenoxy) is 1. The zero-order chi connectivity index (χ0) is 19.0. The lowest BCUT2D eigenvalue weighted by atomic mass is 10.1. The Hall–Kier alpha value is -2.56. The van der Waals surface area contributed by atoms with Gasteiger partial charge in [0.25, 0.3) is 15.9 Å². The van der Waals surface area contributed by atoms with E-state index in [2.05, 4.69) is 14.8 Å². The third kappa shape index (κ3) is 6.39. The van der Waals surface area contributed by atoms with Crippen LogP contribution in [0.15, 0.2) is 52.1 Å². The van der Waals surface area contributed by atoms with Crippen LogP contribution in [0, 0.1) is 0 Å². The Labute approximate surface area is 154 Å². The fourth-order valence-electron chi connectivity index (χ4n) is 1.86. The fraction of sp³-hybridized carbons (Fsp3) is 0.188. The van der Waals surface area contributed by atoms with Gasteiger partial charge in [-0.25, -0.2) is 8.42 Å². The first-order chi connectivity index (χ1) is 12.4. The smallest absolute Gasteiger partial charge is 0.321 e. The Morgan fingerprint density at radius 3 is 2.38 bits per heavy atom. The molecule has 0 fully saturated rings. The predicted molar refractivity (Wildman–Crippen MR) is 93.8 cm³/mol. The van der Waals surface area contributed by atoms with Gasteiger partial charge in [0, 0.05) is 0 Å². The molecule has 1 aromatic heterocycles. The normalized spacial score (nSPS) is 10.9. The van der Waals surface area contributed by atoms with E-state index >= 15 is 0 Å². The molecule has 2 aromatic rings. The molecule has 1 aromatic carbocycles. The highest BCUT2D eigenvalue weighted by molar-refractivity contribution is 7.91. The maximum absolute atomic E-state index is 11.8. The first-order valence-electron chi connectivity index (χ1n) is 7.42. The van der Waals surface area contributed by atoms with Gasteiger partial charge in [0.05, 0.1) is 6.42 Å². The lowest BCUT2D eigenvalue weighted by molar-refractivity contribution is -0.148. The highest BCUT2D eigenvalue weighted by Crippen LogP contribution is 2.14. The second-order valence-corrected chi connectivity index (χ2v) is 7.99. The number of esters is 1. The third-order valence-electron chi connectivity index (χ3n) is 3.02. The number of hydrogen-bond acceptors (Lipinski definition) is 7. The molecular weight excluding hydrogens is 380 g/mol. The number of nitrogens with one attached hydrogen (secondary N) is 2. The molecule has 2 rings (SSSR count). The third-order valence-corrected chi connectivity index (χ3v) is 5.82. The van der Waals surface area contributed by atoms with Crippen molar-refractivity contribution in [2.24, 2.45) is 0 Å². The molecule has 0 saturated carbocycles.